The van der Waals surface area contributed by atoms with Gasteiger partial charge in [-0.15, -0.1) is 0 Å². The molecule has 10 heteroatoms. The van der Waals surface area contributed by atoms with Crippen LogP contribution in [-0.4, -0.2) is 60.5 Å². The molecule has 0 saturated carbocycles. The molecule has 0 aromatic heterocycles. The Bertz CT molecular complexity index is 1130. The summed E-state index contributed by atoms with van der Waals surface area (Å²) in [4.78, 5) is 13.8. The van der Waals surface area contributed by atoms with Gasteiger partial charge in [-0.1, -0.05) is 36.4 Å². The molecular weight excluding hydrogens is 457 g/mol. The minimum atomic E-state index is -3.85. The van der Waals surface area contributed by atoms with E-state index in [0.29, 0.717) is 0 Å². The minimum Gasteiger partial charge on any atom is -0.381 e. The summed E-state index contributed by atoms with van der Waals surface area (Å²) in [5, 5.41) is 10.2. The van der Waals surface area contributed by atoms with Crippen LogP contribution in [0, 0.1) is 11.6 Å². The summed E-state index contributed by atoms with van der Waals surface area (Å²) < 4.78 is 71.3. The molecule has 1 amide bonds. The number of rotatable bonds is 7. The highest BCUT2D eigenvalue weighted by atomic mass is 32.2. The van der Waals surface area contributed by atoms with Gasteiger partial charge in [-0.3, -0.25) is 4.79 Å². The van der Waals surface area contributed by atoms with Gasteiger partial charge < -0.3 is 10.0 Å². The molecule has 1 aliphatic heterocycles. The first-order valence-corrected chi connectivity index (χ1v) is 12.2. The maximum Gasteiger partial charge on any atom is 0.254 e. The molecule has 1 fully saturated rings. The summed E-state index contributed by atoms with van der Waals surface area (Å²) in [6.45, 7) is 3.40. The molecule has 0 radical (unpaired) electrons. The van der Waals surface area contributed by atoms with Gasteiger partial charge >= 0.3 is 0 Å². The van der Waals surface area contributed by atoms with Gasteiger partial charge in [0.15, 0.2) is 0 Å². The van der Waals surface area contributed by atoms with Gasteiger partial charge in [0.1, 0.15) is 23.4 Å². The average molecular weight is 485 g/mol. The molecule has 2 aromatic carbocycles. The van der Waals surface area contributed by atoms with Crippen LogP contribution in [0.2, 0.25) is 0 Å². The van der Waals surface area contributed by atoms with E-state index in [4.69, 9.17) is 0 Å². The van der Waals surface area contributed by atoms with Crippen LogP contribution in [-0.2, 0) is 21.2 Å². The van der Waals surface area contributed by atoms with Crippen molar-refractivity contribution in [1.82, 2.24) is 9.62 Å². The molecule has 3 rings (SSSR count). The Labute approximate surface area is 191 Å². The summed E-state index contributed by atoms with van der Waals surface area (Å²) in [7, 11) is -3.85. The van der Waals surface area contributed by atoms with Crippen LogP contribution >= 0.6 is 0 Å². The fourth-order valence-corrected chi connectivity index (χ4v) is 4.87. The zero-order chi connectivity index (χ0) is 24.6. The van der Waals surface area contributed by atoms with Gasteiger partial charge in [-0.2, -0.15) is 0 Å². The SMILES string of the molecule is CCS(=O)(=O)N[C@H]1[C@@H](F)CN(C(=O)C(C)(C)O)[C@H]1Cc1cccc(-c2ccccc2F)c1F. The van der Waals surface area contributed by atoms with Crippen LogP contribution in [0.4, 0.5) is 13.2 Å². The highest BCUT2D eigenvalue weighted by Gasteiger charge is 2.48. The molecule has 3 atom stereocenters. The van der Waals surface area contributed by atoms with E-state index in [-0.39, 0.29) is 28.9 Å². The summed E-state index contributed by atoms with van der Waals surface area (Å²) in [5.41, 5.74) is -1.75. The zero-order valence-corrected chi connectivity index (χ0v) is 19.4. The first kappa shape index (κ1) is 25.2. The highest BCUT2D eigenvalue weighted by molar-refractivity contribution is 7.89. The van der Waals surface area contributed by atoms with E-state index < -0.39 is 58.0 Å². The van der Waals surface area contributed by atoms with E-state index in [2.05, 4.69) is 4.72 Å². The lowest BCUT2D eigenvalue weighted by Crippen LogP contribution is -2.53. The molecular formula is C23H27F3N2O4S. The average Bonchev–Trinajstić information content (AvgIpc) is 3.03. The van der Waals surface area contributed by atoms with Crippen molar-refractivity contribution in [3.8, 4) is 11.1 Å². The summed E-state index contributed by atoms with van der Waals surface area (Å²) in [6.07, 6.45) is -2.01. The Morgan fingerprint density at radius 3 is 2.39 bits per heavy atom. The van der Waals surface area contributed by atoms with Crippen molar-refractivity contribution in [2.75, 3.05) is 12.3 Å². The Morgan fingerprint density at radius 2 is 1.79 bits per heavy atom. The minimum absolute atomic E-state index is 0.00792. The predicted molar refractivity (Wildman–Crippen MR) is 119 cm³/mol. The van der Waals surface area contributed by atoms with Crippen LogP contribution in [0.25, 0.3) is 11.1 Å². The van der Waals surface area contributed by atoms with E-state index in [0.717, 1.165) is 4.90 Å². The number of likely N-dealkylation sites (tertiary alicyclic amines) is 1. The van der Waals surface area contributed by atoms with E-state index in [1.54, 1.807) is 6.07 Å². The zero-order valence-electron chi connectivity index (χ0n) is 18.6. The standard InChI is InChI=1S/C23H27F3N2O4S/c1-4-33(31,32)27-21-18(25)13-28(22(29)23(2,3)30)19(21)12-14-8-7-10-16(20(14)26)15-9-5-6-11-17(15)24/h5-11,18-19,21,27,30H,4,12-13H2,1-3H3/t18-,19-,21-/m0/s1. The summed E-state index contributed by atoms with van der Waals surface area (Å²) in [6, 6.07) is 7.56. The second-order valence-electron chi connectivity index (χ2n) is 8.61. The lowest BCUT2D eigenvalue weighted by molar-refractivity contribution is -0.149. The molecule has 1 saturated heterocycles. The first-order chi connectivity index (χ1) is 15.4. The highest BCUT2D eigenvalue weighted by Crippen LogP contribution is 2.32. The summed E-state index contributed by atoms with van der Waals surface area (Å²) in [5.74, 6) is -2.48. The van der Waals surface area contributed by atoms with E-state index in [9.17, 15) is 27.1 Å². The number of halogens is 3. The molecule has 1 aliphatic rings. The van der Waals surface area contributed by atoms with Crippen molar-refractivity contribution in [2.24, 2.45) is 0 Å². The topological polar surface area (TPSA) is 86.7 Å². The molecule has 180 valence electrons. The van der Waals surface area contributed by atoms with Gasteiger partial charge in [0.05, 0.1) is 24.4 Å². The molecule has 2 aromatic rings. The lowest BCUT2D eigenvalue weighted by atomic mass is 9.95. The van der Waals surface area contributed by atoms with Crippen LogP contribution in [0.1, 0.15) is 26.3 Å². The molecule has 0 bridgehead atoms. The van der Waals surface area contributed by atoms with Gasteiger partial charge in [-0.05, 0) is 38.8 Å². The van der Waals surface area contributed by atoms with Crippen molar-refractivity contribution in [3.63, 3.8) is 0 Å². The number of nitrogens with one attached hydrogen (secondary N) is 1. The number of carbonyl (C=O) groups is 1. The summed E-state index contributed by atoms with van der Waals surface area (Å²) >= 11 is 0. The van der Waals surface area contributed by atoms with Crippen molar-refractivity contribution in [3.05, 3.63) is 59.7 Å². The molecule has 6 nitrogen and oxygen atoms in total. The fourth-order valence-electron chi connectivity index (χ4n) is 3.99. The fraction of sp³-hybridized carbons (Fsp3) is 0.435. The molecule has 2 N–H and O–H groups in total. The molecule has 0 aliphatic carbocycles. The molecule has 0 spiro atoms. The van der Waals surface area contributed by atoms with E-state index >= 15 is 4.39 Å². The quantitative estimate of drug-likeness (QED) is 0.633. The lowest BCUT2D eigenvalue weighted by Gasteiger charge is -2.32. The number of sulfonamides is 1. The Balaban J connectivity index is 2.03. The van der Waals surface area contributed by atoms with Gasteiger partial charge in [0.25, 0.3) is 5.91 Å². The maximum absolute atomic E-state index is 15.4. The molecule has 33 heavy (non-hydrogen) atoms. The third-order valence-electron chi connectivity index (χ3n) is 5.73. The Kier molecular flexibility index (Phi) is 7.21. The van der Waals surface area contributed by atoms with E-state index in [1.165, 1.54) is 57.2 Å². The molecule has 1 heterocycles. The van der Waals surface area contributed by atoms with Crippen LogP contribution in [0.15, 0.2) is 42.5 Å². The smallest absolute Gasteiger partial charge is 0.254 e. The number of benzene rings is 2. The Hall–Kier alpha value is -2.43. The van der Waals surface area contributed by atoms with Gasteiger partial charge in [0.2, 0.25) is 10.0 Å². The third kappa shape index (κ3) is 5.39. The van der Waals surface area contributed by atoms with Gasteiger partial charge in [0, 0.05) is 11.1 Å². The van der Waals surface area contributed by atoms with Crippen molar-refractivity contribution < 1.29 is 31.5 Å². The number of nitrogens with zero attached hydrogens (tertiary/aromatic N) is 1. The van der Waals surface area contributed by atoms with Gasteiger partial charge in [-0.25, -0.2) is 26.3 Å². The maximum atomic E-state index is 15.4. The van der Waals surface area contributed by atoms with Crippen molar-refractivity contribution in [1.29, 1.82) is 0 Å². The third-order valence-corrected chi connectivity index (χ3v) is 7.12. The van der Waals surface area contributed by atoms with Crippen LogP contribution in [0.5, 0.6) is 0 Å². The van der Waals surface area contributed by atoms with Crippen molar-refractivity contribution >= 4 is 15.9 Å². The number of carbonyl (C=O) groups excluding carboxylic acids is 1. The number of hydrogen-bond donors (Lipinski definition) is 2. The monoisotopic (exact) mass is 484 g/mol. The largest absolute Gasteiger partial charge is 0.381 e. The second kappa shape index (κ2) is 9.44. The second-order valence-corrected chi connectivity index (χ2v) is 10.7. The van der Waals surface area contributed by atoms with Crippen LogP contribution < -0.4 is 4.72 Å². The number of amides is 1. The number of aliphatic hydroxyl groups is 1. The normalized spacial score (nSPS) is 21.4. The Morgan fingerprint density at radius 1 is 1.15 bits per heavy atom. The number of hydrogen-bond acceptors (Lipinski definition) is 4. The van der Waals surface area contributed by atoms with E-state index in [1.807, 2.05) is 0 Å². The number of alkyl halides is 1. The first-order valence-electron chi connectivity index (χ1n) is 10.6. The predicted octanol–water partition coefficient (Wildman–Crippen LogP) is 2.80. The van der Waals surface area contributed by atoms with Crippen LogP contribution in [0.3, 0.4) is 0 Å². The molecule has 0 unspecified atom stereocenters. The van der Waals surface area contributed by atoms with Crippen molar-refractivity contribution in [2.45, 2.75) is 51.0 Å².